The second-order valence-electron chi connectivity index (χ2n) is 5.61. The van der Waals surface area contributed by atoms with Crippen molar-refractivity contribution in [3.8, 4) is 0 Å². The Morgan fingerprint density at radius 1 is 1.22 bits per heavy atom. The van der Waals surface area contributed by atoms with Gasteiger partial charge in [-0.15, -0.1) is 11.3 Å². The second-order valence-corrected chi connectivity index (χ2v) is 6.86. The van der Waals surface area contributed by atoms with Gasteiger partial charge in [-0.3, -0.25) is 0 Å². The van der Waals surface area contributed by atoms with Crippen LogP contribution in [0.5, 0.6) is 0 Å². The van der Waals surface area contributed by atoms with Crippen LogP contribution in [0, 0.1) is 5.92 Å². The molecule has 2 heteroatoms. The zero-order chi connectivity index (χ0) is 12.8. The SMILES string of the molecule is CCCNC1CCCC(Cc2ccc(CC)s2)C1. The maximum Gasteiger partial charge on any atom is 0.00698 e. The predicted octanol–water partition coefficient (Wildman–Crippen LogP) is 4.41. The highest BCUT2D eigenvalue weighted by molar-refractivity contribution is 7.11. The van der Waals surface area contributed by atoms with Crippen LogP contribution in [-0.2, 0) is 12.8 Å². The molecule has 0 saturated heterocycles. The van der Waals surface area contributed by atoms with Crippen molar-refractivity contribution in [1.29, 1.82) is 0 Å². The molecule has 0 aromatic carbocycles. The maximum absolute atomic E-state index is 3.71. The van der Waals surface area contributed by atoms with Gasteiger partial charge in [-0.1, -0.05) is 20.3 Å². The maximum atomic E-state index is 3.71. The third kappa shape index (κ3) is 4.10. The first-order chi connectivity index (χ1) is 8.81. The van der Waals surface area contributed by atoms with Crippen molar-refractivity contribution in [2.45, 2.75) is 64.8 Å². The molecule has 0 spiro atoms. The molecule has 0 bridgehead atoms. The van der Waals surface area contributed by atoms with Crippen LogP contribution in [0.1, 0.15) is 55.7 Å². The van der Waals surface area contributed by atoms with Gasteiger partial charge in [-0.2, -0.15) is 0 Å². The molecule has 2 rings (SSSR count). The summed E-state index contributed by atoms with van der Waals surface area (Å²) in [6.07, 6.45) is 9.39. The lowest BCUT2D eigenvalue weighted by Gasteiger charge is -2.29. The summed E-state index contributed by atoms with van der Waals surface area (Å²) in [5.74, 6) is 0.913. The van der Waals surface area contributed by atoms with Crippen molar-refractivity contribution in [3.05, 3.63) is 21.9 Å². The Labute approximate surface area is 116 Å². The molecule has 1 aromatic rings. The van der Waals surface area contributed by atoms with Crippen molar-refractivity contribution in [1.82, 2.24) is 5.32 Å². The van der Waals surface area contributed by atoms with Gasteiger partial charge in [0.05, 0.1) is 0 Å². The first-order valence-corrected chi connectivity index (χ1v) is 8.44. The molecule has 1 aromatic heterocycles. The highest BCUT2D eigenvalue weighted by Crippen LogP contribution is 2.29. The molecule has 18 heavy (non-hydrogen) atoms. The van der Waals surface area contributed by atoms with Gasteiger partial charge in [0.1, 0.15) is 0 Å². The van der Waals surface area contributed by atoms with Gasteiger partial charge < -0.3 is 5.32 Å². The van der Waals surface area contributed by atoms with Gasteiger partial charge in [0.25, 0.3) is 0 Å². The Morgan fingerprint density at radius 2 is 2.06 bits per heavy atom. The van der Waals surface area contributed by atoms with E-state index in [1.807, 2.05) is 11.3 Å². The molecular formula is C16H27NS. The van der Waals surface area contributed by atoms with Crippen molar-refractivity contribution in [2.24, 2.45) is 5.92 Å². The van der Waals surface area contributed by atoms with Crippen molar-refractivity contribution in [2.75, 3.05) is 6.54 Å². The van der Waals surface area contributed by atoms with E-state index in [0.29, 0.717) is 0 Å². The molecule has 1 heterocycles. The van der Waals surface area contributed by atoms with Gasteiger partial charge in [-0.05, 0) is 63.1 Å². The van der Waals surface area contributed by atoms with Crippen molar-refractivity contribution in [3.63, 3.8) is 0 Å². The lowest BCUT2D eigenvalue weighted by Crippen LogP contribution is -2.35. The molecule has 1 nitrogen and oxygen atoms in total. The first-order valence-electron chi connectivity index (χ1n) is 7.62. The van der Waals surface area contributed by atoms with Crippen molar-refractivity contribution < 1.29 is 0 Å². The molecule has 1 aliphatic rings. The van der Waals surface area contributed by atoms with Gasteiger partial charge in [0, 0.05) is 15.8 Å². The number of rotatable bonds is 6. The quantitative estimate of drug-likeness (QED) is 0.803. The Bertz CT molecular complexity index is 345. The third-order valence-electron chi connectivity index (χ3n) is 4.02. The highest BCUT2D eigenvalue weighted by Gasteiger charge is 2.21. The van der Waals surface area contributed by atoms with E-state index in [1.165, 1.54) is 51.5 Å². The minimum Gasteiger partial charge on any atom is -0.314 e. The lowest BCUT2D eigenvalue weighted by atomic mass is 9.83. The van der Waals surface area contributed by atoms with Gasteiger partial charge in [0.15, 0.2) is 0 Å². The molecule has 0 radical (unpaired) electrons. The van der Waals surface area contributed by atoms with E-state index in [-0.39, 0.29) is 0 Å². The fraction of sp³-hybridized carbons (Fsp3) is 0.750. The number of hydrogen-bond acceptors (Lipinski definition) is 2. The van der Waals surface area contributed by atoms with Crippen LogP contribution in [0.25, 0.3) is 0 Å². The molecule has 102 valence electrons. The molecule has 1 N–H and O–H groups in total. The number of nitrogens with one attached hydrogen (secondary N) is 1. The summed E-state index contributed by atoms with van der Waals surface area (Å²) in [5, 5.41) is 3.71. The van der Waals surface area contributed by atoms with Crippen LogP contribution in [0.2, 0.25) is 0 Å². The molecule has 1 saturated carbocycles. The summed E-state index contributed by atoms with van der Waals surface area (Å²) in [7, 11) is 0. The van der Waals surface area contributed by atoms with E-state index < -0.39 is 0 Å². The average molecular weight is 265 g/mol. The smallest absolute Gasteiger partial charge is 0.00698 e. The first kappa shape index (κ1) is 14.1. The molecular weight excluding hydrogens is 238 g/mol. The largest absolute Gasteiger partial charge is 0.314 e. The number of thiophene rings is 1. The summed E-state index contributed by atoms with van der Waals surface area (Å²) >= 11 is 2.03. The van der Waals surface area contributed by atoms with Crippen molar-refractivity contribution >= 4 is 11.3 Å². The molecule has 0 aliphatic heterocycles. The van der Waals surface area contributed by atoms with Crippen LogP contribution < -0.4 is 5.32 Å². The Morgan fingerprint density at radius 3 is 2.78 bits per heavy atom. The Balaban J connectivity index is 1.81. The summed E-state index contributed by atoms with van der Waals surface area (Å²) in [6, 6.07) is 5.46. The number of aryl methyl sites for hydroxylation is 1. The van der Waals surface area contributed by atoms with E-state index in [9.17, 15) is 0 Å². The predicted molar refractivity (Wildman–Crippen MR) is 81.4 cm³/mol. The van der Waals surface area contributed by atoms with E-state index in [1.54, 1.807) is 9.75 Å². The fourth-order valence-corrected chi connectivity index (χ4v) is 4.09. The van der Waals surface area contributed by atoms with E-state index >= 15 is 0 Å². The standard InChI is InChI=1S/C16H27NS/c1-3-10-17-14-7-5-6-13(11-14)12-16-9-8-15(4-2)18-16/h8-9,13-14,17H,3-7,10-12H2,1-2H3. The summed E-state index contributed by atoms with van der Waals surface area (Å²) in [4.78, 5) is 3.15. The molecule has 0 amide bonds. The summed E-state index contributed by atoms with van der Waals surface area (Å²) < 4.78 is 0. The Kier molecular flexibility index (Phi) is 5.71. The molecule has 2 atom stereocenters. The lowest BCUT2D eigenvalue weighted by molar-refractivity contribution is 0.285. The highest BCUT2D eigenvalue weighted by atomic mass is 32.1. The topological polar surface area (TPSA) is 12.0 Å². The third-order valence-corrected chi connectivity index (χ3v) is 5.27. The minimum absolute atomic E-state index is 0.786. The molecule has 1 fully saturated rings. The minimum atomic E-state index is 0.786. The monoisotopic (exact) mass is 265 g/mol. The van der Waals surface area contributed by atoms with E-state index in [0.717, 1.165) is 12.0 Å². The fourth-order valence-electron chi connectivity index (χ4n) is 3.02. The Hall–Kier alpha value is -0.340. The second kappa shape index (κ2) is 7.30. The van der Waals surface area contributed by atoms with Crippen LogP contribution >= 0.6 is 11.3 Å². The van der Waals surface area contributed by atoms with E-state index in [2.05, 4.69) is 31.3 Å². The zero-order valence-corrected chi connectivity index (χ0v) is 12.7. The van der Waals surface area contributed by atoms with Gasteiger partial charge in [0.2, 0.25) is 0 Å². The summed E-state index contributed by atoms with van der Waals surface area (Å²) in [5.41, 5.74) is 0. The van der Waals surface area contributed by atoms with E-state index in [4.69, 9.17) is 0 Å². The molecule has 1 aliphatic carbocycles. The van der Waals surface area contributed by atoms with Crippen LogP contribution in [0.3, 0.4) is 0 Å². The normalized spacial score (nSPS) is 24.3. The molecule has 2 unspecified atom stereocenters. The zero-order valence-electron chi connectivity index (χ0n) is 11.9. The average Bonchev–Trinajstić information content (AvgIpc) is 2.84. The van der Waals surface area contributed by atoms with Gasteiger partial charge in [-0.25, -0.2) is 0 Å². The van der Waals surface area contributed by atoms with Crippen LogP contribution in [0.15, 0.2) is 12.1 Å². The van der Waals surface area contributed by atoms with Crippen LogP contribution in [0.4, 0.5) is 0 Å². The summed E-state index contributed by atoms with van der Waals surface area (Å²) in [6.45, 7) is 5.70. The number of hydrogen-bond donors (Lipinski definition) is 1. The van der Waals surface area contributed by atoms with Crippen LogP contribution in [-0.4, -0.2) is 12.6 Å². The van der Waals surface area contributed by atoms with Gasteiger partial charge >= 0.3 is 0 Å².